The summed E-state index contributed by atoms with van der Waals surface area (Å²) in [5.41, 5.74) is 18.4. The van der Waals surface area contributed by atoms with Crippen LogP contribution in [0.3, 0.4) is 0 Å². The van der Waals surface area contributed by atoms with Gasteiger partial charge in [-0.05, 0) is 51.1 Å². The van der Waals surface area contributed by atoms with Crippen molar-refractivity contribution in [2.75, 3.05) is 0 Å². The molecule has 2 aliphatic carbocycles. The highest BCUT2D eigenvalue weighted by atomic mass is 14.8. The Morgan fingerprint density at radius 1 is 0.327 bits per heavy atom. The van der Waals surface area contributed by atoms with Gasteiger partial charge in [0, 0.05) is 38.4 Å². The molecule has 254 valence electrons. The fourth-order valence-corrected chi connectivity index (χ4v) is 9.59. The number of hydrogen-bond donors (Lipinski definition) is 0. The molecule has 7 aromatic carbocycles. The largest absolute Gasteiger partial charge is 0.246 e. The predicted molar refractivity (Wildman–Crippen MR) is 225 cm³/mol. The summed E-state index contributed by atoms with van der Waals surface area (Å²) in [7, 11) is 0. The molecule has 0 bridgehead atoms. The summed E-state index contributed by atoms with van der Waals surface area (Å²) < 4.78 is 0. The Kier molecular flexibility index (Phi) is 6.26. The summed E-state index contributed by atoms with van der Waals surface area (Å²) in [4.78, 5) is 16.4. The molecule has 3 heterocycles. The first-order valence-electron chi connectivity index (χ1n) is 18.9. The molecule has 0 atom stereocenters. The van der Waals surface area contributed by atoms with E-state index < -0.39 is 5.41 Å². The highest BCUT2D eigenvalue weighted by molar-refractivity contribution is 6.10. The summed E-state index contributed by atoms with van der Waals surface area (Å²) in [6.07, 6.45) is 0. The van der Waals surface area contributed by atoms with Crippen molar-refractivity contribution in [2.45, 2.75) is 5.41 Å². The number of rotatable bonds is 3. The Morgan fingerprint density at radius 2 is 0.818 bits per heavy atom. The van der Waals surface area contributed by atoms with Gasteiger partial charge in [0.1, 0.15) is 0 Å². The van der Waals surface area contributed by atoms with Crippen LogP contribution in [0.2, 0.25) is 0 Å². The number of fused-ring (bicyclic) bond motifs is 15. The highest BCUT2D eigenvalue weighted by Crippen LogP contribution is 2.65. The van der Waals surface area contributed by atoms with Crippen molar-refractivity contribution in [3.8, 4) is 56.0 Å². The van der Waals surface area contributed by atoms with Crippen molar-refractivity contribution in [3.63, 3.8) is 0 Å². The Balaban J connectivity index is 1.20. The average molecular weight is 698 g/mol. The smallest absolute Gasteiger partial charge is 0.0972 e. The van der Waals surface area contributed by atoms with Crippen molar-refractivity contribution in [1.29, 1.82) is 0 Å². The van der Waals surface area contributed by atoms with Gasteiger partial charge in [-0.1, -0.05) is 176 Å². The lowest BCUT2D eigenvalue weighted by molar-refractivity contribution is 0.801. The van der Waals surface area contributed by atoms with Gasteiger partial charge >= 0.3 is 0 Å². The molecule has 0 amide bonds. The molecule has 10 aromatic rings. The first kappa shape index (κ1) is 30.3. The molecule has 0 fully saturated rings. The first-order valence-corrected chi connectivity index (χ1v) is 18.9. The highest BCUT2D eigenvalue weighted by Gasteiger charge is 2.53. The lowest BCUT2D eigenvalue weighted by Gasteiger charge is -2.31. The molecule has 0 unspecified atom stereocenters. The molecule has 0 aliphatic heterocycles. The van der Waals surface area contributed by atoms with Crippen molar-refractivity contribution in [3.05, 3.63) is 210 Å². The monoisotopic (exact) mass is 697 g/mol. The van der Waals surface area contributed by atoms with E-state index in [4.69, 9.17) is 15.0 Å². The number of hydrogen-bond acceptors (Lipinski definition) is 3. The minimum Gasteiger partial charge on any atom is -0.246 e. The van der Waals surface area contributed by atoms with E-state index in [1.165, 1.54) is 44.5 Å². The van der Waals surface area contributed by atoms with Crippen LogP contribution in [-0.4, -0.2) is 15.0 Å². The maximum atomic E-state index is 5.70. The summed E-state index contributed by atoms with van der Waals surface area (Å²) in [5, 5.41) is 3.26. The van der Waals surface area contributed by atoms with Gasteiger partial charge in [0.25, 0.3) is 0 Å². The summed E-state index contributed by atoms with van der Waals surface area (Å²) in [6.45, 7) is 0. The zero-order valence-electron chi connectivity index (χ0n) is 29.7. The second-order valence-corrected chi connectivity index (χ2v) is 14.6. The Hall–Kier alpha value is -7.23. The second kappa shape index (κ2) is 11.4. The van der Waals surface area contributed by atoms with Gasteiger partial charge in [-0.25, -0.2) is 15.0 Å². The molecule has 0 saturated carbocycles. The van der Waals surface area contributed by atoms with Crippen LogP contribution in [0.4, 0.5) is 0 Å². The molecule has 3 nitrogen and oxygen atoms in total. The molecule has 0 saturated heterocycles. The Bertz CT molecular complexity index is 3160. The molecule has 2 aliphatic rings. The average Bonchev–Trinajstić information content (AvgIpc) is 3.74. The van der Waals surface area contributed by atoms with Gasteiger partial charge < -0.3 is 0 Å². The molecule has 0 radical (unpaired) electrons. The predicted octanol–water partition coefficient (Wildman–Crippen LogP) is 12.7. The molecule has 3 heteroatoms. The number of para-hydroxylation sites is 1. The van der Waals surface area contributed by atoms with Crippen LogP contribution in [0.1, 0.15) is 22.3 Å². The van der Waals surface area contributed by atoms with E-state index in [-0.39, 0.29) is 0 Å². The standard InChI is InChI=1S/C52H31N3/c1-3-14-32(15-4-1)44-30-28-34-26-27-35-29-31-45(54-50(35)49(34)53-44)39-21-13-22-40-47-46(48(55-51(39)40)33-16-5-2-6-17-33)38-20-9-12-25-43(38)52(47)41-23-10-7-18-36(41)37-19-8-11-24-42(37)52/h1-31H. The molecule has 1 spiro atoms. The third-order valence-electron chi connectivity index (χ3n) is 11.9. The number of nitrogens with zero attached hydrogens (tertiary/aromatic N) is 3. The molecule has 3 aromatic heterocycles. The van der Waals surface area contributed by atoms with E-state index in [0.717, 1.165) is 66.5 Å². The van der Waals surface area contributed by atoms with Gasteiger partial charge in [-0.2, -0.15) is 0 Å². The van der Waals surface area contributed by atoms with Crippen molar-refractivity contribution < 1.29 is 0 Å². The summed E-state index contributed by atoms with van der Waals surface area (Å²) >= 11 is 0. The van der Waals surface area contributed by atoms with Gasteiger partial charge in [-0.15, -0.1) is 0 Å². The van der Waals surface area contributed by atoms with Gasteiger partial charge in [0.15, 0.2) is 0 Å². The van der Waals surface area contributed by atoms with E-state index in [2.05, 4.69) is 182 Å². The van der Waals surface area contributed by atoms with Crippen LogP contribution in [0, 0.1) is 0 Å². The normalized spacial score (nSPS) is 13.2. The van der Waals surface area contributed by atoms with E-state index in [1.807, 2.05) is 6.07 Å². The molecular weight excluding hydrogens is 667 g/mol. The minimum absolute atomic E-state index is 0.521. The van der Waals surface area contributed by atoms with Gasteiger partial charge in [-0.3, -0.25) is 0 Å². The number of pyridine rings is 3. The van der Waals surface area contributed by atoms with E-state index in [0.29, 0.717) is 0 Å². The molecular formula is C52H31N3. The van der Waals surface area contributed by atoms with Crippen LogP contribution >= 0.6 is 0 Å². The van der Waals surface area contributed by atoms with Crippen LogP contribution in [-0.2, 0) is 5.41 Å². The first-order chi connectivity index (χ1) is 27.3. The Morgan fingerprint density at radius 3 is 1.47 bits per heavy atom. The summed E-state index contributed by atoms with van der Waals surface area (Å²) in [6, 6.07) is 67.6. The minimum atomic E-state index is -0.521. The van der Waals surface area contributed by atoms with Crippen LogP contribution in [0.5, 0.6) is 0 Å². The van der Waals surface area contributed by atoms with E-state index in [1.54, 1.807) is 0 Å². The van der Waals surface area contributed by atoms with E-state index in [9.17, 15) is 0 Å². The van der Waals surface area contributed by atoms with Crippen LogP contribution in [0.25, 0.3) is 88.7 Å². The van der Waals surface area contributed by atoms with Crippen LogP contribution < -0.4 is 0 Å². The fourth-order valence-electron chi connectivity index (χ4n) is 9.59. The Labute approximate surface area is 318 Å². The number of aromatic nitrogens is 3. The van der Waals surface area contributed by atoms with Crippen molar-refractivity contribution >= 4 is 32.7 Å². The second-order valence-electron chi connectivity index (χ2n) is 14.6. The molecule has 12 rings (SSSR count). The quantitative estimate of drug-likeness (QED) is 0.173. The fraction of sp³-hybridized carbons (Fsp3) is 0.0192. The van der Waals surface area contributed by atoms with Gasteiger partial charge in [0.2, 0.25) is 0 Å². The van der Waals surface area contributed by atoms with Crippen LogP contribution in [0.15, 0.2) is 188 Å². The van der Waals surface area contributed by atoms with Crippen molar-refractivity contribution in [2.24, 2.45) is 0 Å². The maximum absolute atomic E-state index is 5.70. The molecule has 55 heavy (non-hydrogen) atoms. The van der Waals surface area contributed by atoms with Gasteiger partial charge in [0.05, 0.1) is 39.0 Å². The van der Waals surface area contributed by atoms with E-state index >= 15 is 0 Å². The zero-order valence-corrected chi connectivity index (χ0v) is 29.7. The summed E-state index contributed by atoms with van der Waals surface area (Å²) in [5.74, 6) is 0. The third kappa shape index (κ3) is 4.12. The lowest BCUT2D eigenvalue weighted by atomic mass is 9.69. The third-order valence-corrected chi connectivity index (χ3v) is 11.9. The topological polar surface area (TPSA) is 38.7 Å². The number of benzene rings is 7. The molecule has 0 N–H and O–H groups in total. The zero-order chi connectivity index (χ0) is 36.1. The van der Waals surface area contributed by atoms with Crippen molar-refractivity contribution in [1.82, 2.24) is 15.0 Å². The SMILES string of the molecule is c1ccc(-c2ccc3ccc4ccc(-c5cccc6c7c(c(-c8ccccc8)nc56)-c5ccccc5C75c6ccccc6-c6ccccc65)nc4c3n2)cc1. The lowest BCUT2D eigenvalue weighted by Crippen LogP contribution is -2.26. The maximum Gasteiger partial charge on any atom is 0.0972 e.